The van der Waals surface area contributed by atoms with Gasteiger partial charge < -0.3 is 9.47 Å². The number of esters is 2. The first kappa shape index (κ1) is 15.9. The van der Waals surface area contributed by atoms with E-state index in [4.69, 9.17) is 0 Å². The summed E-state index contributed by atoms with van der Waals surface area (Å²) >= 11 is -0.799. The molecule has 0 aromatic heterocycles. The molecule has 0 aromatic carbocycles. The Labute approximate surface area is 106 Å². The Hall–Kier alpha value is -1.13. The van der Waals surface area contributed by atoms with Crippen LogP contribution in [0.15, 0.2) is 0 Å². The van der Waals surface area contributed by atoms with Crippen LogP contribution in [-0.4, -0.2) is 41.6 Å². The van der Waals surface area contributed by atoms with E-state index in [2.05, 4.69) is 9.47 Å². The fraction of sp³-hybridized carbons (Fsp3) is 0.750. The van der Waals surface area contributed by atoms with Gasteiger partial charge in [0.25, 0.3) is 0 Å². The van der Waals surface area contributed by atoms with Crippen LogP contribution in [0.4, 0.5) is 26.3 Å². The number of halogens is 6. The van der Waals surface area contributed by atoms with Crippen molar-refractivity contribution in [1.29, 1.82) is 0 Å². The lowest BCUT2D eigenvalue weighted by molar-refractivity contribution is -0.327. The van der Waals surface area contributed by atoms with E-state index < -0.39 is 52.7 Å². The Bertz CT molecular complexity index is 376. The molecule has 1 rings (SSSR count). The summed E-state index contributed by atoms with van der Waals surface area (Å²) in [6.45, 7) is 0. The predicted octanol–water partition coefficient (Wildman–Crippen LogP) is 2.03. The molecule has 0 bridgehead atoms. The standard InChI is InChI=1S/C8H6F6O4S/c1-17-4(15)2-3-5(16)18-6(19-3,7(9,10)11)8(12,13)14/h3H,2H2,1H3. The maximum absolute atomic E-state index is 12.5. The minimum Gasteiger partial charge on any atom is -0.469 e. The van der Waals surface area contributed by atoms with Crippen molar-refractivity contribution < 1.29 is 45.4 Å². The molecule has 0 N–H and O–H groups in total. The highest BCUT2D eigenvalue weighted by Gasteiger charge is 2.78. The van der Waals surface area contributed by atoms with E-state index >= 15 is 0 Å². The molecule has 110 valence electrons. The van der Waals surface area contributed by atoms with E-state index in [1.54, 1.807) is 0 Å². The first-order valence-corrected chi connectivity index (χ1v) is 5.43. The number of carbonyl (C=O) groups is 2. The Morgan fingerprint density at radius 3 is 2.11 bits per heavy atom. The molecule has 1 unspecified atom stereocenters. The first-order chi connectivity index (χ1) is 8.44. The second-order valence-corrected chi connectivity index (χ2v) is 4.80. The molecule has 19 heavy (non-hydrogen) atoms. The number of ether oxygens (including phenoxy) is 2. The van der Waals surface area contributed by atoms with Crippen molar-refractivity contribution in [2.24, 2.45) is 0 Å². The van der Waals surface area contributed by atoms with Gasteiger partial charge in [-0.05, 0) is 0 Å². The minimum absolute atomic E-state index is 0.799. The lowest BCUT2D eigenvalue weighted by atomic mass is 10.3. The molecular weight excluding hydrogens is 306 g/mol. The van der Waals surface area contributed by atoms with Crippen LogP contribution in [0.3, 0.4) is 0 Å². The lowest BCUT2D eigenvalue weighted by Crippen LogP contribution is -2.54. The van der Waals surface area contributed by atoms with Gasteiger partial charge >= 0.3 is 29.2 Å². The molecule has 0 radical (unpaired) electrons. The van der Waals surface area contributed by atoms with Crippen molar-refractivity contribution in [2.75, 3.05) is 7.11 Å². The van der Waals surface area contributed by atoms with Gasteiger partial charge in [-0.25, -0.2) is 0 Å². The molecule has 1 aliphatic heterocycles. The lowest BCUT2D eigenvalue weighted by Gasteiger charge is -2.30. The number of hydrogen-bond acceptors (Lipinski definition) is 5. The van der Waals surface area contributed by atoms with Crippen molar-refractivity contribution >= 4 is 23.7 Å². The number of rotatable bonds is 2. The largest absolute Gasteiger partial charge is 0.469 e. The normalized spacial score (nSPS) is 23.1. The third-order valence-corrected chi connectivity index (χ3v) is 3.66. The molecule has 4 nitrogen and oxygen atoms in total. The summed E-state index contributed by atoms with van der Waals surface area (Å²) in [6, 6.07) is 0. The summed E-state index contributed by atoms with van der Waals surface area (Å²) < 4.78 is 82.8. The van der Waals surface area contributed by atoms with Gasteiger partial charge in [-0.3, -0.25) is 9.59 Å². The second-order valence-electron chi connectivity index (χ2n) is 3.42. The number of methoxy groups -OCH3 is 1. The van der Waals surface area contributed by atoms with Gasteiger partial charge in [-0.15, -0.1) is 0 Å². The summed E-state index contributed by atoms with van der Waals surface area (Å²) in [5, 5.41) is -1.92. The van der Waals surface area contributed by atoms with Crippen molar-refractivity contribution in [1.82, 2.24) is 0 Å². The summed E-state index contributed by atoms with van der Waals surface area (Å²) in [4.78, 5) is 17.3. The fourth-order valence-electron chi connectivity index (χ4n) is 1.25. The molecule has 0 spiro atoms. The quantitative estimate of drug-likeness (QED) is 0.577. The fourth-order valence-corrected chi connectivity index (χ4v) is 2.41. The predicted molar refractivity (Wildman–Crippen MR) is 48.9 cm³/mol. The second kappa shape index (κ2) is 4.76. The topological polar surface area (TPSA) is 52.6 Å². The van der Waals surface area contributed by atoms with Crippen LogP contribution in [-0.2, 0) is 19.1 Å². The molecule has 0 saturated carbocycles. The highest BCUT2D eigenvalue weighted by atomic mass is 32.2. The molecule has 1 heterocycles. The third kappa shape index (κ3) is 2.74. The van der Waals surface area contributed by atoms with Gasteiger partial charge in [0.05, 0.1) is 13.5 Å². The number of hydrogen-bond donors (Lipinski definition) is 0. The molecule has 0 amide bonds. The summed E-state index contributed by atoms with van der Waals surface area (Å²) in [7, 11) is 0.883. The monoisotopic (exact) mass is 312 g/mol. The van der Waals surface area contributed by atoms with Crippen molar-refractivity contribution in [2.45, 2.75) is 29.0 Å². The molecule has 1 aliphatic rings. The number of thioether (sulfide) groups is 1. The molecule has 0 aromatic rings. The third-order valence-electron chi connectivity index (χ3n) is 2.14. The zero-order chi connectivity index (χ0) is 15.1. The molecule has 1 saturated heterocycles. The van der Waals surface area contributed by atoms with Crippen LogP contribution < -0.4 is 0 Å². The first-order valence-electron chi connectivity index (χ1n) is 4.55. The van der Waals surface area contributed by atoms with Gasteiger partial charge in [-0.2, -0.15) is 26.3 Å². The average Bonchev–Trinajstić information content (AvgIpc) is 2.56. The number of cyclic esters (lactones) is 1. The van der Waals surface area contributed by atoms with Crippen LogP contribution in [0, 0.1) is 0 Å². The maximum Gasteiger partial charge on any atom is 0.448 e. The van der Waals surface area contributed by atoms with E-state index in [0.29, 0.717) is 0 Å². The van der Waals surface area contributed by atoms with E-state index in [1.807, 2.05) is 0 Å². The summed E-state index contributed by atoms with van der Waals surface area (Å²) in [5.74, 6) is -2.88. The van der Waals surface area contributed by atoms with Crippen molar-refractivity contribution in [3.63, 3.8) is 0 Å². The van der Waals surface area contributed by atoms with Gasteiger partial charge in [0, 0.05) is 0 Å². The van der Waals surface area contributed by atoms with Gasteiger partial charge in [-0.1, -0.05) is 11.8 Å². The Morgan fingerprint density at radius 1 is 1.32 bits per heavy atom. The number of alkyl halides is 6. The molecule has 11 heteroatoms. The summed E-state index contributed by atoms with van der Waals surface area (Å²) in [6.07, 6.45) is -12.6. The van der Waals surface area contributed by atoms with Crippen molar-refractivity contribution in [3.8, 4) is 0 Å². The molecule has 1 atom stereocenters. The number of carbonyl (C=O) groups excluding carboxylic acids is 2. The Morgan fingerprint density at radius 2 is 1.79 bits per heavy atom. The smallest absolute Gasteiger partial charge is 0.448 e. The Kier molecular flexibility index (Phi) is 3.99. The van der Waals surface area contributed by atoms with Crippen LogP contribution in [0.5, 0.6) is 0 Å². The van der Waals surface area contributed by atoms with E-state index in [-0.39, 0.29) is 0 Å². The molecular formula is C8H6F6O4S. The van der Waals surface area contributed by atoms with Crippen molar-refractivity contribution in [3.05, 3.63) is 0 Å². The SMILES string of the molecule is COC(=O)CC1SC(C(F)(F)F)(C(F)(F)F)OC1=O. The zero-order valence-corrected chi connectivity index (χ0v) is 9.91. The highest BCUT2D eigenvalue weighted by Crippen LogP contribution is 2.58. The maximum atomic E-state index is 12.5. The molecule has 1 fully saturated rings. The summed E-state index contributed by atoms with van der Waals surface area (Å²) in [5.41, 5.74) is 0. The molecule has 0 aliphatic carbocycles. The van der Waals surface area contributed by atoms with Gasteiger partial charge in [0.15, 0.2) is 0 Å². The van der Waals surface area contributed by atoms with E-state index in [1.165, 1.54) is 0 Å². The van der Waals surface area contributed by atoms with Crippen LogP contribution in [0.1, 0.15) is 6.42 Å². The van der Waals surface area contributed by atoms with Crippen LogP contribution in [0.25, 0.3) is 0 Å². The van der Waals surface area contributed by atoms with E-state index in [9.17, 15) is 35.9 Å². The van der Waals surface area contributed by atoms with Gasteiger partial charge in [0.2, 0.25) is 0 Å². The van der Waals surface area contributed by atoms with Crippen LogP contribution >= 0.6 is 11.8 Å². The Balaban J connectivity index is 3.07. The van der Waals surface area contributed by atoms with Crippen LogP contribution in [0.2, 0.25) is 0 Å². The van der Waals surface area contributed by atoms with Gasteiger partial charge in [0.1, 0.15) is 5.25 Å². The minimum atomic E-state index is -5.85. The zero-order valence-electron chi connectivity index (χ0n) is 9.09. The highest BCUT2D eigenvalue weighted by molar-refractivity contribution is 8.02. The van der Waals surface area contributed by atoms with E-state index in [0.717, 1.165) is 7.11 Å². The average molecular weight is 312 g/mol.